The van der Waals surface area contributed by atoms with Gasteiger partial charge in [0.2, 0.25) is 0 Å². The van der Waals surface area contributed by atoms with E-state index in [9.17, 15) is 0 Å². The molecule has 0 aromatic carbocycles. The van der Waals surface area contributed by atoms with Gasteiger partial charge in [-0.15, -0.1) is 0 Å². The third-order valence-electron chi connectivity index (χ3n) is 0.730. The quantitative estimate of drug-likeness (QED) is 0.778. The first-order valence-electron chi connectivity index (χ1n) is 3.96. The monoisotopic (exact) mass is 254 g/mol. The van der Waals surface area contributed by atoms with Crippen molar-refractivity contribution in [2.75, 3.05) is 13.2 Å². The van der Waals surface area contributed by atoms with E-state index in [1.165, 1.54) is 0 Å². The molecule has 0 heterocycles. The van der Waals surface area contributed by atoms with Crippen LogP contribution in [0, 0.1) is 11.8 Å². The van der Waals surface area contributed by atoms with Gasteiger partial charge in [-0.2, -0.15) is 0 Å². The van der Waals surface area contributed by atoms with Gasteiger partial charge in [-0.1, -0.05) is 27.7 Å². The Morgan fingerprint density at radius 2 is 1.00 bits per heavy atom. The van der Waals surface area contributed by atoms with E-state index in [1.54, 1.807) is 0 Å². The first kappa shape index (κ1) is 18.4. The molecule has 0 bridgehead atoms. The molecule has 0 unspecified atom stereocenters. The second kappa shape index (κ2) is 17.6. The van der Waals surface area contributed by atoms with Crippen molar-refractivity contribution >= 4 is 0 Å². The van der Waals surface area contributed by atoms with Gasteiger partial charge in [-0.05, 0) is 11.8 Å². The van der Waals surface area contributed by atoms with Crippen molar-refractivity contribution in [2.24, 2.45) is 11.8 Å². The second-order valence-electron chi connectivity index (χ2n) is 3.15. The van der Waals surface area contributed by atoms with E-state index >= 15 is 0 Å². The molecule has 0 atom stereocenters. The summed E-state index contributed by atoms with van der Waals surface area (Å²) in [5.41, 5.74) is 0. The van der Waals surface area contributed by atoms with Crippen molar-refractivity contribution in [3.63, 3.8) is 0 Å². The summed E-state index contributed by atoms with van der Waals surface area (Å²) in [4.78, 5) is 0. The summed E-state index contributed by atoms with van der Waals surface area (Å²) in [6, 6.07) is 0. The summed E-state index contributed by atoms with van der Waals surface area (Å²) in [6.07, 6.45) is 0. The maximum absolute atomic E-state index is 8.34. The minimum absolute atomic E-state index is 0.300. The van der Waals surface area contributed by atoms with Gasteiger partial charge in [0.15, 0.2) is 0 Å². The Labute approximate surface area is 90.5 Å². The molecule has 2 N–H and O–H groups in total. The van der Waals surface area contributed by atoms with E-state index in [0.717, 1.165) is 0 Å². The Morgan fingerprint density at radius 3 is 1.00 bits per heavy atom. The van der Waals surface area contributed by atoms with E-state index in [2.05, 4.69) is 0 Å². The van der Waals surface area contributed by atoms with Gasteiger partial charge in [-0.25, -0.2) is 0 Å². The van der Waals surface area contributed by atoms with Crippen LogP contribution in [0.25, 0.3) is 0 Å². The van der Waals surface area contributed by atoms with Gasteiger partial charge in [0, 0.05) is 13.2 Å². The summed E-state index contributed by atoms with van der Waals surface area (Å²) in [6.45, 7) is 8.50. The molecule has 4 heteroatoms. The Kier molecular flexibility index (Phi) is 27.0. The first-order valence-corrected chi connectivity index (χ1v) is 4.97. The van der Waals surface area contributed by atoms with Crippen molar-refractivity contribution in [1.29, 1.82) is 0 Å². The van der Waals surface area contributed by atoms with Crippen molar-refractivity contribution in [1.82, 2.24) is 0 Å². The van der Waals surface area contributed by atoms with Gasteiger partial charge in [0.25, 0.3) is 0 Å². The van der Waals surface area contributed by atoms with E-state index in [-0.39, 0.29) is 0 Å². The topological polar surface area (TPSA) is 57.5 Å². The zero-order valence-corrected chi connectivity index (χ0v) is 10.8. The van der Waals surface area contributed by atoms with Crippen LogP contribution >= 0.6 is 0 Å². The average Bonchev–Trinajstić information content (AvgIpc) is 2.09. The molecule has 0 saturated heterocycles. The van der Waals surface area contributed by atoms with Gasteiger partial charge >= 0.3 is 27.5 Å². The molecule has 0 fully saturated rings. The SMILES string of the molecule is CC(C)CO.CC(C)CO.[O]=[Zr]. The third-order valence-corrected chi connectivity index (χ3v) is 0.730. The van der Waals surface area contributed by atoms with Crippen LogP contribution in [0.4, 0.5) is 0 Å². The van der Waals surface area contributed by atoms with Crippen molar-refractivity contribution in [3.05, 3.63) is 0 Å². The molecule has 0 aliphatic carbocycles. The molecule has 0 radical (unpaired) electrons. The summed E-state index contributed by atoms with van der Waals surface area (Å²) in [5.74, 6) is 0.880. The van der Waals surface area contributed by atoms with Crippen LogP contribution in [-0.4, -0.2) is 23.4 Å². The van der Waals surface area contributed by atoms with Gasteiger partial charge in [0.1, 0.15) is 0 Å². The Bertz CT molecular complexity index is 59.3. The molecule has 0 saturated carbocycles. The van der Waals surface area contributed by atoms with Crippen LogP contribution in [-0.2, 0) is 27.5 Å². The standard InChI is InChI=1S/2C4H10O.O.Zr/c2*1-4(2)3-5;;/h2*4-5H,3H2,1-2H3;;. The van der Waals surface area contributed by atoms with Crippen LogP contribution in [0.3, 0.4) is 0 Å². The molecule has 12 heavy (non-hydrogen) atoms. The first-order chi connectivity index (χ1) is 5.54. The molecular formula is C8H20O3Zr. The summed E-state index contributed by atoms with van der Waals surface area (Å²) in [5, 5.41) is 16.3. The molecule has 0 amide bonds. The fourth-order valence-electron chi connectivity index (χ4n) is 0. The number of rotatable bonds is 2. The predicted molar refractivity (Wildman–Crippen MR) is 44.5 cm³/mol. The fourth-order valence-corrected chi connectivity index (χ4v) is 0. The summed E-state index contributed by atoms with van der Waals surface area (Å²) in [7, 11) is 0. The molecule has 0 aromatic rings. The van der Waals surface area contributed by atoms with Crippen molar-refractivity contribution in [2.45, 2.75) is 27.7 Å². The van der Waals surface area contributed by atoms with Crippen LogP contribution in [0.1, 0.15) is 27.7 Å². The molecule has 0 aliphatic heterocycles. The summed E-state index contributed by atoms with van der Waals surface area (Å²) >= 11 is 0.300. The molecule has 0 aliphatic rings. The summed E-state index contributed by atoms with van der Waals surface area (Å²) < 4.78 is 8.34. The number of aliphatic hydroxyl groups excluding tert-OH is 2. The zero-order chi connectivity index (χ0) is 10.6. The average molecular weight is 255 g/mol. The normalized spacial score (nSPS) is 8.25. The molecule has 0 aromatic heterocycles. The number of hydrogen-bond acceptors (Lipinski definition) is 3. The molecule has 74 valence electrons. The Hall–Kier alpha value is 0.603. The molecule has 0 rings (SSSR count). The molecule has 0 spiro atoms. The minimum atomic E-state index is 0.300. The van der Waals surface area contributed by atoms with Gasteiger partial charge in [-0.3, -0.25) is 0 Å². The van der Waals surface area contributed by atoms with Crippen molar-refractivity contribution < 1.29 is 37.7 Å². The Balaban J connectivity index is -0.000000112. The second-order valence-corrected chi connectivity index (χ2v) is 3.15. The van der Waals surface area contributed by atoms with Crippen LogP contribution < -0.4 is 0 Å². The van der Waals surface area contributed by atoms with E-state index in [1.807, 2.05) is 27.7 Å². The van der Waals surface area contributed by atoms with Crippen LogP contribution in [0.2, 0.25) is 0 Å². The molecular weight excluding hydrogens is 235 g/mol. The third kappa shape index (κ3) is 46.1. The van der Waals surface area contributed by atoms with E-state index in [4.69, 9.17) is 13.0 Å². The van der Waals surface area contributed by atoms with Gasteiger partial charge < -0.3 is 10.2 Å². The fraction of sp³-hybridized carbons (Fsp3) is 1.00. The van der Waals surface area contributed by atoms with Gasteiger partial charge in [0.05, 0.1) is 0 Å². The van der Waals surface area contributed by atoms with E-state index < -0.39 is 0 Å². The molecule has 3 nitrogen and oxygen atoms in total. The zero-order valence-electron chi connectivity index (χ0n) is 8.37. The number of aliphatic hydroxyl groups is 2. The van der Waals surface area contributed by atoms with Crippen molar-refractivity contribution in [3.8, 4) is 0 Å². The van der Waals surface area contributed by atoms with Crippen LogP contribution in [0.15, 0.2) is 0 Å². The van der Waals surface area contributed by atoms with Crippen LogP contribution in [0.5, 0.6) is 0 Å². The van der Waals surface area contributed by atoms with E-state index in [0.29, 0.717) is 49.8 Å². The maximum atomic E-state index is 8.34. The Morgan fingerprint density at radius 1 is 0.917 bits per heavy atom. The predicted octanol–water partition coefficient (Wildman–Crippen LogP) is 1.15. The number of hydrogen-bond donors (Lipinski definition) is 2.